The molecule has 1 aliphatic rings. The molecule has 1 aliphatic heterocycles. The Balaban J connectivity index is 1.75. The molecule has 1 fully saturated rings. The van der Waals surface area contributed by atoms with Crippen molar-refractivity contribution < 1.29 is 4.79 Å². The maximum atomic E-state index is 11.7. The largest absolute Gasteiger partial charge is 0.293 e. The summed E-state index contributed by atoms with van der Waals surface area (Å²) in [6.07, 6.45) is 2.71. The first-order valence-electron chi connectivity index (χ1n) is 6.99. The highest BCUT2D eigenvalue weighted by molar-refractivity contribution is 7.99. The summed E-state index contributed by atoms with van der Waals surface area (Å²) < 4.78 is 0. The van der Waals surface area contributed by atoms with Crippen LogP contribution in [-0.4, -0.2) is 48.2 Å². The molecule has 2 rings (SSSR count). The first-order valence-corrected chi connectivity index (χ1v) is 8.14. The molecular weight excluding hydrogens is 270 g/mol. The standard InChI is InChI=1S/C15H21N3OS/c1-2-13-3-5-14(6-4-13)11-16-17-15(19)12-18-7-9-20-10-8-18/h3-6,11H,2,7-10,12H2,1H3,(H,17,19). The molecule has 4 nitrogen and oxygen atoms in total. The van der Waals surface area contributed by atoms with Gasteiger partial charge in [-0.05, 0) is 17.5 Å². The minimum absolute atomic E-state index is 0.0432. The van der Waals surface area contributed by atoms with E-state index in [9.17, 15) is 4.79 Å². The zero-order valence-electron chi connectivity index (χ0n) is 11.8. The summed E-state index contributed by atoms with van der Waals surface area (Å²) in [5, 5.41) is 4.01. The van der Waals surface area contributed by atoms with Crippen molar-refractivity contribution in [1.82, 2.24) is 10.3 Å². The van der Waals surface area contributed by atoms with Crippen molar-refractivity contribution >= 4 is 23.9 Å². The zero-order chi connectivity index (χ0) is 14.2. The third kappa shape index (κ3) is 4.98. The summed E-state index contributed by atoms with van der Waals surface area (Å²) in [6.45, 7) is 4.54. The number of nitrogens with one attached hydrogen (secondary N) is 1. The lowest BCUT2D eigenvalue weighted by Crippen LogP contribution is -2.40. The highest BCUT2D eigenvalue weighted by Gasteiger charge is 2.13. The van der Waals surface area contributed by atoms with Gasteiger partial charge in [-0.3, -0.25) is 9.69 Å². The molecule has 1 aromatic rings. The van der Waals surface area contributed by atoms with Gasteiger partial charge in [-0.1, -0.05) is 31.2 Å². The van der Waals surface area contributed by atoms with Gasteiger partial charge in [0.05, 0.1) is 12.8 Å². The highest BCUT2D eigenvalue weighted by atomic mass is 32.2. The van der Waals surface area contributed by atoms with E-state index < -0.39 is 0 Å². The molecule has 0 unspecified atom stereocenters. The van der Waals surface area contributed by atoms with Gasteiger partial charge in [0.1, 0.15) is 0 Å². The molecule has 5 heteroatoms. The normalized spacial score (nSPS) is 16.4. The van der Waals surface area contributed by atoms with Crippen LogP contribution in [0.15, 0.2) is 29.4 Å². The molecule has 1 heterocycles. The van der Waals surface area contributed by atoms with Crippen LogP contribution in [0.2, 0.25) is 0 Å². The Bertz CT molecular complexity index is 453. The van der Waals surface area contributed by atoms with Crippen molar-refractivity contribution in [1.29, 1.82) is 0 Å². The maximum absolute atomic E-state index is 11.7. The van der Waals surface area contributed by atoms with E-state index in [4.69, 9.17) is 0 Å². The molecule has 1 amide bonds. The average molecular weight is 291 g/mol. The molecular formula is C15H21N3OS. The minimum atomic E-state index is -0.0432. The van der Waals surface area contributed by atoms with Crippen molar-refractivity contribution in [3.8, 4) is 0 Å². The van der Waals surface area contributed by atoms with Crippen LogP contribution in [0.3, 0.4) is 0 Å². The molecule has 108 valence electrons. The molecule has 20 heavy (non-hydrogen) atoms. The topological polar surface area (TPSA) is 44.7 Å². The lowest BCUT2D eigenvalue weighted by Gasteiger charge is -2.24. The van der Waals surface area contributed by atoms with Crippen LogP contribution in [0.5, 0.6) is 0 Å². The molecule has 0 saturated carbocycles. The number of nitrogens with zero attached hydrogens (tertiary/aromatic N) is 2. The van der Waals surface area contributed by atoms with Gasteiger partial charge < -0.3 is 0 Å². The Kier molecular flexibility index (Phi) is 6.08. The summed E-state index contributed by atoms with van der Waals surface area (Å²) in [7, 11) is 0. The number of carbonyl (C=O) groups is 1. The van der Waals surface area contributed by atoms with E-state index in [1.165, 1.54) is 5.56 Å². The Hall–Kier alpha value is -1.33. The first kappa shape index (κ1) is 15.1. The number of thioether (sulfide) groups is 1. The second kappa shape index (κ2) is 8.07. The van der Waals surface area contributed by atoms with Crippen LogP contribution in [-0.2, 0) is 11.2 Å². The number of hydrogen-bond acceptors (Lipinski definition) is 4. The van der Waals surface area contributed by atoms with E-state index in [1.807, 2.05) is 23.9 Å². The fourth-order valence-corrected chi connectivity index (χ4v) is 2.99. The van der Waals surface area contributed by atoms with Crippen molar-refractivity contribution in [3.05, 3.63) is 35.4 Å². The molecule has 0 aromatic heterocycles. The van der Waals surface area contributed by atoms with Gasteiger partial charge in [0.2, 0.25) is 0 Å². The fraction of sp³-hybridized carbons (Fsp3) is 0.467. The summed E-state index contributed by atoms with van der Waals surface area (Å²) >= 11 is 1.94. The SMILES string of the molecule is CCc1ccc(C=NNC(=O)CN2CCSCC2)cc1. The van der Waals surface area contributed by atoms with E-state index in [0.717, 1.165) is 36.6 Å². The fourth-order valence-electron chi connectivity index (χ4n) is 2.02. The molecule has 1 saturated heterocycles. The zero-order valence-corrected chi connectivity index (χ0v) is 12.7. The predicted octanol–water partition coefficient (Wildman–Crippen LogP) is 1.75. The Morgan fingerprint density at radius 1 is 1.35 bits per heavy atom. The smallest absolute Gasteiger partial charge is 0.254 e. The Morgan fingerprint density at radius 3 is 2.70 bits per heavy atom. The second-order valence-electron chi connectivity index (χ2n) is 4.78. The van der Waals surface area contributed by atoms with Crippen LogP contribution in [0.4, 0.5) is 0 Å². The summed E-state index contributed by atoms with van der Waals surface area (Å²) in [6, 6.07) is 8.18. The van der Waals surface area contributed by atoms with Crippen LogP contribution in [0.25, 0.3) is 0 Å². The molecule has 1 N–H and O–H groups in total. The van der Waals surface area contributed by atoms with Crippen LogP contribution >= 0.6 is 11.8 Å². The summed E-state index contributed by atoms with van der Waals surface area (Å²) in [5.41, 5.74) is 4.89. The molecule has 1 aromatic carbocycles. The lowest BCUT2D eigenvalue weighted by molar-refractivity contribution is -0.122. The first-order chi connectivity index (χ1) is 9.78. The Labute approximate surface area is 124 Å². The molecule has 0 bridgehead atoms. The summed E-state index contributed by atoms with van der Waals surface area (Å²) in [5.74, 6) is 2.18. The van der Waals surface area contributed by atoms with E-state index in [-0.39, 0.29) is 5.91 Å². The lowest BCUT2D eigenvalue weighted by atomic mass is 10.1. The van der Waals surface area contributed by atoms with Gasteiger partial charge in [-0.25, -0.2) is 5.43 Å². The molecule has 0 aliphatic carbocycles. The van der Waals surface area contributed by atoms with Crippen molar-refractivity contribution in [2.75, 3.05) is 31.1 Å². The van der Waals surface area contributed by atoms with E-state index in [1.54, 1.807) is 6.21 Å². The number of benzene rings is 1. The molecule has 0 radical (unpaired) electrons. The van der Waals surface area contributed by atoms with Crippen LogP contribution in [0, 0.1) is 0 Å². The predicted molar refractivity (Wildman–Crippen MR) is 85.3 cm³/mol. The number of hydrazone groups is 1. The quantitative estimate of drug-likeness (QED) is 0.664. The number of hydrogen-bond donors (Lipinski definition) is 1. The van der Waals surface area contributed by atoms with Gasteiger partial charge in [0, 0.05) is 24.6 Å². The number of rotatable bonds is 5. The van der Waals surface area contributed by atoms with Gasteiger partial charge in [0.25, 0.3) is 5.91 Å². The maximum Gasteiger partial charge on any atom is 0.254 e. The highest BCUT2D eigenvalue weighted by Crippen LogP contribution is 2.08. The van der Waals surface area contributed by atoms with Crippen LogP contribution in [0.1, 0.15) is 18.1 Å². The number of carbonyl (C=O) groups excluding carboxylic acids is 1. The van der Waals surface area contributed by atoms with E-state index in [2.05, 4.69) is 34.5 Å². The van der Waals surface area contributed by atoms with Crippen molar-refractivity contribution in [2.24, 2.45) is 5.10 Å². The molecule has 0 atom stereocenters. The van der Waals surface area contributed by atoms with Gasteiger partial charge in [-0.2, -0.15) is 16.9 Å². The minimum Gasteiger partial charge on any atom is -0.293 e. The van der Waals surface area contributed by atoms with Gasteiger partial charge in [0.15, 0.2) is 0 Å². The van der Waals surface area contributed by atoms with Crippen LogP contribution < -0.4 is 5.43 Å². The monoisotopic (exact) mass is 291 g/mol. The second-order valence-corrected chi connectivity index (χ2v) is 6.00. The average Bonchev–Trinajstić information content (AvgIpc) is 2.49. The third-order valence-electron chi connectivity index (χ3n) is 3.26. The van der Waals surface area contributed by atoms with Crippen molar-refractivity contribution in [2.45, 2.75) is 13.3 Å². The van der Waals surface area contributed by atoms with Gasteiger partial charge in [-0.15, -0.1) is 0 Å². The molecule has 0 spiro atoms. The van der Waals surface area contributed by atoms with E-state index in [0.29, 0.717) is 6.54 Å². The van der Waals surface area contributed by atoms with E-state index >= 15 is 0 Å². The summed E-state index contributed by atoms with van der Waals surface area (Å²) in [4.78, 5) is 13.9. The number of aryl methyl sites for hydroxylation is 1. The van der Waals surface area contributed by atoms with Crippen molar-refractivity contribution in [3.63, 3.8) is 0 Å². The van der Waals surface area contributed by atoms with Gasteiger partial charge >= 0.3 is 0 Å². The Morgan fingerprint density at radius 2 is 2.05 bits per heavy atom. The number of amides is 1. The third-order valence-corrected chi connectivity index (χ3v) is 4.20.